The smallest absolute Gasteiger partial charge is 0.270 e. The summed E-state index contributed by atoms with van der Waals surface area (Å²) in [5, 5.41) is 5.32. The first-order valence-electron chi connectivity index (χ1n) is 9.79. The molecule has 4 rings (SSSR count). The molecule has 0 bridgehead atoms. The van der Waals surface area contributed by atoms with Crippen LogP contribution in [-0.2, 0) is 13.0 Å². The number of rotatable bonds is 8. The molecule has 0 radical (unpaired) electrons. The van der Waals surface area contributed by atoms with Crippen LogP contribution in [0.1, 0.15) is 21.7 Å². The predicted molar refractivity (Wildman–Crippen MR) is 119 cm³/mol. The predicted octanol–water partition coefficient (Wildman–Crippen LogP) is 4.90. The van der Waals surface area contributed by atoms with Gasteiger partial charge in [0.1, 0.15) is 28.9 Å². The zero-order chi connectivity index (χ0) is 21.5. The van der Waals surface area contributed by atoms with Gasteiger partial charge in [-0.2, -0.15) is 0 Å². The molecule has 0 saturated carbocycles. The van der Waals surface area contributed by atoms with Crippen LogP contribution in [0.5, 0.6) is 5.75 Å². The van der Waals surface area contributed by atoms with Crippen LogP contribution < -0.4 is 10.1 Å². The van der Waals surface area contributed by atoms with Gasteiger partial charge in [0.25, 0.3) is 5.91 Å². The first-order chi connectivity index (χ1) is 15.2. The Morgan fingerprint density at radius 3 is 2.77 bits per heavy atom. The van der Waals surface area contributed by atoms with Crippen molar-refractivity contribution in [2.75, 3.05) is 6.54 Å². The molecule has 156 valence electrons. The van der Waals surface area contributed by atoms with Crippen LogP contribution in [0.2, 0.25) is 0 Å². The SMILES string of the molecule is O=C(NCCc1ccccn1)c1csc(-c2cccc(OCc3ccccc3F)c2)n1. The van der Waals surface area contributed by atoms with E-state index in [4.69, 9.17) is 4.74 Å². The second kappa shape index (κ2) is 9.95. The highest BCUT2D eigenvalue weighted by Crippen LogP contribution is 2.27. The van der Waals surface area contributed by atoms with Gasteiger partial charge in [-0.15, -0.1) is 11.3 Å². The van der Waals surface area contributed by atoms with E-state index in [1.165, 1.54) is 17.4 Å². The minimum Gasteiger partial charge on any atom is -0.489 e. The molecule has 5 nitrogen and oxygen atoms in total. The molecule has 4 aromatic rings. The molecule has 0 unspecified atom stereocenters. The third-order valence-electron chi connectivity index (χ3n) is 4.56. The zero-order valence-electron chi connectivity index (χ0n) is 16.6. The molecule has 0 aliphatic rings. The number of ether oxygens (including phenoxy) is 1. The van der Waals surface area contributed by atoms with Crippen LogP contribution in [-0.4, -0.2) is 22.4 Å². The number of pyridine rings is 1. The fourth-order valence-corrected chi connectivity index (χ4v) is 3.74. The van der Waals surface area contributed by atoms with E-state index in [9.17, 15) is 9.18 Å². The summed E-state index contributed by atoms with van der Waals surface area (Å²) in [5.74, 6) is 0.0972. The van der Waals surface area contributed by atoms with Gasteiger partial charge in [0.05, 0.1) is 0 Å². The fourth-order valence-electron chi connectivity index (χ4n) is 2.95. The van der Waals surface area contributed by atoms with E-state index in [1.54, 1.807) is 29.8 Å². The second-order valence-corrected chi connectivity index (χ2v) is 7.63. The van der Waals surface area contributed by atoms with Crippen molar-refractivity contribution >= 4 is 17.2 Å². The molecule has 0 aliphatic carbocycles. The van der Waals surface area contributed by atoms with Crippen molar-refractivity contribution in [3.63, 3.8) is 0 Å². The quantitative estimate of drug-likeness (QED) is 0.429. The maximum Gasteiger partial charge on any atom is 0.270 e. The maximum absolute atomic E-state index is 13.8. The van der Waals surface area contributed by atoms with Gasteiger partial charge in [0, 0.05) is 41.4 Å². The van der Waals surface area contributed by atoms with Crippen LogP contribution in [0.4, 0.5) is 4.39 Å². The monoisotopic (exact) mass is 433 g/mol. The van der Waals surface area contributed by atoms with E-state index < -0.39 is 0 Å². The molecule has 1 N–H and O–H groups in total. The lowest BCUT2D eigenvalue weighted by Crippen LogP contribution is -2.26. The highest BCUT2D eigenvalue weighted by atomic mass is 32.1. The first-order valence-corrected chi connectivity index (χ1v) is 10.7. The van der Waals surface area contributed by atoms with E-state index in [0.29, 0.717) is 35.0 Å². The van der Waals surface area contributed by atoms with Crippen LogP contribution in [0.15, 0.2) is 78.3 Å². The average Bonchev–Trinajstić information content (AvgIpc) is 3.30. The lowest BCUT2D eigenvalue weighted by atomic mass is 10.2. The Morgan fingerprint density at radius 2 is 1.94 bits per heavy atom. The minimum atomic E-state index is -0.294. The Balaban J connectivity index is 1.36. The highest BCUT2D eigenvalue weighted by molar-refractivity contribution is 7.13. The summed E-state index contributed by atoms with van der Waals surface area (Å²) in [6, 6.07) is 19.6. The Hall–Kier alpha value is -3.58. The van der Waals surface area contributed by atoms with Crippen molar-refractivity contribution in [1.29, 1.82) is 0 Å². The van der Waals surface area contributed by atoms with E-state index in [-0.39, 0.29) is 18.3 Å². The van der Waals surface area contributed by atoms with Crippen molar-refractivity contribution in [3.8, 4) is 16.3 Å². The second-order valence-electron chi connectivity index (χ2n) is 6.77. The van der Waals surface area contributed by atoms with Crippen molar-refractivity contribution in [1.82, 2.24) is 15.3 Å². The number of hydrogen-bond acceptors (Lipinski definition) is 5. The highest BCUT2D eigenvalue weighted by Gasteiger charge is 2.12. The molecule has 7 heteroatoms. The fraction of sp³-hybridized carbons (Fsp3) is 0.125. The molecule has 0 saturated heterocycles. The molecule has 0 spiro atoms. The van der Waals surface area contributed by atoms with Gasteiger partial charge in [-0.3, -0.25) is 9.78 Å². The summed E-state index contributed by atoms with van der Waals surface area (Å²) in [7, 11) is 0. The maximum atomic E-state index is 13.8. The van der Waals surface area contributed by atoms with Crippen LogP contribution in [0, 0.1) is 5.82 Å². The zero-order valence-corrected chi connectivity index (χ0v) is 17.4. The van der Waals surface area contributed by atoms with Gasteiger partial charge in [0.2, 0.25) is 0 Å². The summed E-state index contributed by atoms with van der Waals surface area (Å²) >= 11 is 1.39. The van der Waals surface area contributed by atoms with E-state index >= 15 is 0 Å². The summed E-state index contributed by atoms with van der Waals surface area (Å²) < 4.78 is 19.5. The molecule has 2 aromatic heterocycles. The molecule has 1 amide bonds. The standard InChI is InChI=1S/C24H20FN3O2S/c25-21-10-2-1-6-18(21)15-30-20-9-5-7-17(14-20)24-28-22(16-31-24)23(29)27-13-11-19-8-3-4-12-26-19/h1-10,12,14,16H,11,13,15H2,(H,27,29). The number of hydrogen-bond donors (Lipinski definition) is 1. The summed E-state index contributed by atoms with van der Waals surface area (Å²) in [4.78, 5) is 21.1. The third-order valence-corrected chi connectivity index (χ3v) is 5.45. The van der Waals surface area contributed by atoms with Gasteiger partial charge in [0.15, 0.2) is 0 Å². The molecule has 0 atom stereocenters. The largest absolute Gasteiger partial charge is 0.489 e. The molecule has 0 aliphatic heterocycles. The van der Waals surface area contributed by atoms with Gasteiger partial charge in [-0.05, 0) is 30.3 Å². The van der Waals surface area contributed by atoms with E-state index in [0.717, 1.165) is 11.3 Å². The average molecular weight is 434 g/mol. The molecular weight excluding hydrogens is 413 g/mol. The number of nitrogens with one attached hydrogen (secondary N) is 1. The first kappa shape index (κ1) is 20.7. The summed E-state index contributed by atoms with van der Waals surface area (Å²) in [6.45, 7) is 0.625. The summed E-state index contributed by atoms with van der Waals surface area (Å²) in [6.07, 6.45) is 2.39. The van der Waals surface area contributed by atoms with Gasteiger partial charge >= 0.3 is 0 Å². The minimum absolute atomic E-state index is 0.137. The Bertz CT molecular complexity index is 1160. The number of benzene rings is 2. The number of carbonyl (C=O) groups is 1. The van der Waals surface area contributed by atoms with Gasteiger partial charge in [-0.25, -0.2) is 9.37 Å². The molecule has 2 heterocycles. The number of amides is 1. The Kier molecular flexibility index (Phi) is 6.64. The Morgan fingerprint density at radius 1 is 1.06 bits per heavy atom. The topological polar surface area (TPSA) is 64.1 Å². The van der Waals surface area contributed by atoms with Crippen LogP contribution in [0.3, 0.4) is 0 Å². The number of halogens is 1. The normalized spacial score (nSPS) is 10.6. The van der Waals surface area contributed by atoms with Crippen LogP contribution in [0.25, 0.3) is 10.6 Å². The van der Waals surface area contributed by atoms with Crippen molar-refractivity contribution in [2.45, 2.75) is 13.0 Å². The molecule has 0 fully saturated rings. The van der Waals surface area contributed by atoms with Crippen molar-refractivity contribution in [3.05, 3.63) is 101 Å². The van der Waals surface area contributed by atoms with Gasteiger partial charge in [-0.1, -0.05) is 36.4 Å². The summed E-state index contributed by atoms with van der Waals surface area (Å²) in [5.41, 5.74) is 2.63. The lowest BCUT2D eigenvalue weighted by Gasteiger charge is -2.08. The number of thiazole rings is 1. The van der Waals surface area contributed by atoms with Crippen molar-refractivity contribution in [2.24, 2.45) is 0 Å². The lowest BCUT2D eigenvalue weighted by molar-refractivity contribution is 0.0950. The molecule has 2 aromatic carbocycles. The Labute approximate surface area is 183 Å². The third kappa shape index (κ3) is 5.52. The number of nitrogens with zero attached hydrogens (tertiary/aromatic N) is 2. The van der Waals surface area contributed by atoms with E-state index in [2.05, 4.69) is 15.3 Å². The van der Waals surface area contributed by atoms with Gasteiger partial charge < -0.3 is 10.1 Å². The molecule has 31 heavy (non-hydrogen) atoms. The number of carbonyl (C=O) groups excluding carboxylic acids is 1. The van der Waals surface area contributed by atoms with Crippen molar-refractivity contribution < 1.29 is 13.9 Å². The molecular formula is C24H20FN3O2S. The van der Waals surface area contributed by atoms with E-state index in [1.807, 2.05) is 42.5 Å². The van der Waals surface area contributed by atoms with Crippen LogP contribution >= 0.6 is 11.3 Å². The number of aromatic nitrogens is 2.